The van der Waals surface area contributed by atoms with Crippen molar-refractivity contribution in [3.8, 4) is 0 Å². The maximum absolute atomic E-state index is 11.7. The maximum atomic E-state index is 11.7. The highest BCUT2D eigenvalue weighted by Crippen LogP contribution is 2.38. The first-order chi connectivity index (χ1) is 13.0. The molecule has 3 nitrogen and oxygen atoms in total. The Morgan fingerprint density at radius 1 is 1.04 bits per heavy atom. The summed E-state index contributed by atoms with van der Waals surface area (Å²) in [6, 6.07) is 17.5. The Bertz CT molecular complexity index is 943. The van der Waals surface area contributed by atoms with Gasteiger partial charge in [-0.25, -0.2) is 0 Å². The van der Waals surface area contributed by atoms with Crippen LogP contribution in [0.1, 0.15) is 46.3 Å². The van der Waals surface area contributed by atoms with Crippen LogP contribution in [0.2, 0.25) is 5.02 Å². The van der Waals surface area contributed by atoms with Crippen LogP contribution in [0.3, 0.4) is 0 Å². The van der Waals surface area contributed by atoms with E-state index in [1.54, 1.807) is 6.20 Å². The van der Waals surface area contributed by atoms with Gasteiger partial charge in [-0.05, 0) is 78.9 Å². The molecule has 0 spiro atoms. The molecule has 1 heterocycles. The summed E-state index contributed by atoms with van der Waals surface area (Å²) in [5, 5.41) is 4.15. The van der Waals surface area contributed by atoms with E-state index in [1.165, 1.54) is 0 Å². The highest BCUT2D eigenvalue weighted by atomic mass is 79.9. The predicted octanol–water partition coefficient (Wildman–Crippen LogP) is 7.14. The molecule has 0 saturated heterocycles. The summed E-state index contributed by atoms with van der Waals surface area (Å²) in [6.45, 7) is 3.97. The molecule has 0 amide bonds. The summed E-state index contributed by atoms with van der Waals surface area (Å²) in [4.78, 5) is 15.9. The summed E-state index contributed by atoms with van der Waals surface area (Å²) >= 11 is 9.64. The molecular weight excluding hydrogens is 424 g/mol. The van der Waals surface area contributed by atoms with E-state index in [4.69, 9.17) is 11.6 Å². The highest BCUT2D eigenvalue weighted by molar-refractivity contribution is 9.10. The average Bonchev–Trinajstić information content (AvgIpc) is 2.64. The third-order valence-corrected chi connectivity index (χ3v) is 5.54. The van der Waals surface area contributed by atoms with Gasteiger partial charge in [-0.3, -0.25) is 4.98 Å². The van der Waals surface area contributed by atoms with Gasteiger partial charge in [0.25, 0.3) is 0 Å². The molecule has 0 bridgehead atoms. The molecule has 5 heteroatoms. The van der Waals surface area contributed by atoms with Crippen LogP contribution < -0.4 is 0 Å². The van der Waals surface area contributed by atoms with E-state index in [2.05, 4.69) is 38.2 Å². The van der Waals surface area contributed by atoms with Crippen LogP contribution in [0.4, 0.5) is 0 Å². The molecule has 0 saturated carbocycles. The van der Waals surface area contributed by atoms with Crippen molar-refractivity contribution < 1.29 is 0 Å². The Morgan fingerprint density at radius 3 is 2.41 bits per heavy atom. The van der Waals surface area contributed by atoms with Crippen LogP contribution in [-0.4, -0.2) is 4.98 Å². The Kier molecular flexibility index (Phi) is 6.40. The van der Waals surface area contributed by atoms with Gasteiger partial charge in [0.2, 0.25) is 0 Å². The van der Waals surface area contributed by atoms with Gasteiger partial charge in [0, 0.05) is 27.3 Å². The van der Waals surface area contributed by atoms with Crippen molar-refractivity contribution in [1.82, 2.24) is 4.98 Å². The first kappa shape index (κ1) is 19.7. The quantitative estimate of drug-likeness (QED) is 0.380. The molecule has 0 radical (unpaired) electrons. The molecule has 2 aromatic carbocycles. The second-order valence-corrected chi connectivity index (χ2v) is 8.04. The fourth-order valence-electron chi connectivity index (χ4n) is 3.41. The number of benzene rings is 2. The predicted molar refractivity (Wildman–Crippen MR) is 114 cm³/mol. The first-order valence-electron chi connectivity index (χ1n) is 8.74. The number of aryl methyl sites for hydroxylation is 2. The number of hydrogen-bond donors (Lipinski definition) is 0. The number of aromatic nitrogens is 1. The van der Waals surface area contributed by atoms with Gasteiger partial charge in [-0.1, -0.05) is 50.9 Å². The first-order valence-corrected chi connectivity index (χ1v) is 9.91. The molecule has 0 aliphatic heterocycles. The molecule has 27 heavy (non-hydrogen) atoms. The van der Waals surface area contributed by atoms with Crippen LogP contribution in [0.15, 0.2) is 70.4 Å². The Labute approximate surface area is 172 Å². The Hall–Kier alpha value is -2.04. The molecule has 138 valence electrons. The third kappa shape index (κ3) is 4.82. The second-order valence-electron chi connectivity index (χ2n) is 6.69. The number of rotatable bonds is 6. The van der Waals surface area contributed by atoms with Crippen LogP contribution in [0.5, 0.6) is 0 Å². The SMILES string of the molecule is Cc1cc(C(C[C@H](c2ccc(Br)cc2)c2ccc(Cl)cc2C)N=O)ccn1. The van der Waals surface area contributed by atoms with Crippen molar-refractivity contribution in [2.75, 3.05) is 0 Å². The number of halogens is 2. The number of pyridine rings is 1. The molecule has 3 rings (SSSR count). The van der Waals surface area contributed by atoms with Gasteiger partial charge in [0.05, 0.1) is 0 Å². The smallest absolute Gasteiger partial charge is 0.118 e. The van der Waals surface area contributed by atoms with Gasteiger partial charge in [-0.15, -0.1) is 0 Å². The number of hydrogen-bond acceptors (Lipinski definition) is 3. The summed E-state index contributed by atoms with van der Waals surface area (Å²) in [7, 11) is 0. The molecular formula is C22H20BrClN2O. The van der Waals surface area contributed by atoms with Crippen molar-refractivity contribution in [1.29, 1.82) is 0 Å². The number of nitrogens with zero attached hydrogens (tertiary/aromatic N) is 2. The molecule has 3 aromatic rings. The van der Waals surface area contributed by atoms with E-state index in [-0.39, 0.29) is 5.92 Å². The van der Waals surface area contributed by atoms with Crippen molar-refractivity contribution in [3.05, 3.63) is 103 Å². The topological polar surface area (TPSA) is 42.3 Å². The minimum absolute atomic E-state index is 0.0338. The molecule has 2 atom stereocenters. The lowest BCUT2D eigenvalue weighted by atomic mass is 9.82. The maximum Gasteiger partial charge on any atom is 0.118 e. The van der Waals surface area contributed by atoms with Gasteiger partial charge in [0.1, 0.15) is 6.04 Å². The van der Waals surface area contributed by atoms with Crippen molar-refractivity contribution in [2.45, 2.75) is 32.2 Å². The van der Waals surface area contributed by atoms with Crippen molar-refractivity contribution in [3.63, 3.8) is 0 Å². The van der Waals surface area contributed by atoms with E-state index in [9.17, 15) is 4.91 Å². The fourth-order valence-corrected chi connectivity index (χ4v) is 3.90. The lowest BCUT2D eigenvalue weighted by molar-refractivity contribution is 0.591. The fraction of sp³-hybridized carbons (Fsp3) is 0.227. The zero-order chi connectivity index (χ0) is 19.4. The Morgan fingerprint density at radius 2 is 1.78 bits per heavy atom. The largest absolute Gasteiger partial charge is 0.262 e. The minimum atomic E-state index is -0.449. The molecule has 0 N–H and O–H groups in total. The average molecular weight is 444 g/mol. The van der Waals surface area contributed by atoms with E-state index in [0.29, 0.717) is 11.4 Å². The lowest BCUT2D eigenvalue weighted by Crippen LogP contribution is -2.09. The van der Waals surface area contributed by atoms with Crippen LogP contribution in [-0.2, 0) is 0 Å². The molecule has 0 aliphatic carbocycles. The summed E-state index contributed by atoms with van der Waals surface area (Å²) in [5.41, 5.74) is 5.17. The summed E-state index contributed by atoms with van der Waals surface area (Å²) in [6.07, 6.45) is 2.31. The molecule has 0 aliphatic rings. The van der Waals surface area contributed by atoms with Crippen LogP contribution in [0, 0.1) is 18.8 Å². The van der Waals surface area contributed by atoms with Crippen molar-refractivity contribution >= 4 is 27.5 Å². The monoisotopic (exact) mass is 442 g/mol. The van der Waals surface area contributed by atoms with Gasteiger partial charge in [-0.2, -0.15) is 4.91 Å². The standard InChI is InChI=1S/C22H20BrClN2O/c1-14-11-19(24)7-8-20(14)21(16-3-5-18(23)6-4-16)13-22(26-27)17-9-10-25-15(2)12-17/h3-12,21-22H,13H2,1-2H3/t21-,22?/m1/s1. The minimum Gasteiger partial charge on any atom is -0.262 e. The molecule has 1 unspecified atom stereocenters. The van der Waals surface area contributed by atoms with E-state index in [0.717, 1.165) is 32.4 Å². The van der Waals surface area contributed by atoms with E-state index < -0.39 is 6.04 Å². The zero-order valence-electron chi connectivity index (χ0n) is 15.2. The molecule has 1 aromatic heterocycles. The lowest BCUT2D eigenvalue weighted by Gasteiger charge is -2.23. The summed E-state index contributed by atoms with van der Waals surface area (Å²) in [5.74, 6) is 0.0338. The zero-order valence-corrected chi connectivity index (χ0v) is 17.5. The third-order valence-electron chi connectivity index (χ3n) is 4.77. The normalized spacial score (nSPS) is 13.2. The van der Waals surface area contributed by atoms with Crippen LogP contribution in [0.25, 0.3) is 0 Å². The summed E-state index contributed by atoms with van der Waals surface area (Å²) < 4.78 is 1.02. The van der Waals surface area contributed by atoms with Crippen molar-refractivity contribution in [2.24, 2.45) is 5.18 Å². The Balaban J connectivity index is 2.03. The van der Waals surface area contributed by atoms with Gasteiger partial charge in [0.15, 0.2) is 0 Å². The van der Waals surface area contributed by atoms with Crippen LogP contribution >= 0.6 is 27.5 Å². The van der Waals surface area contributed by atoms with Gasteiger partial charge >= 0.3 is 0 Å². The van der Waals surface area contributed by atoms with Gasteiger partial charge < -0.3 is 0 Å². The van der Waals surface area contributed by atoms with E-state index in [1.807, 2.05) is 56.3 Å². The number of nitroso groups, excluding NO2 is 1. The second kappa shape index (κ2) is 8.77. The molecule has 0 fully saturated rings. The highest BCUT2D eigenvalue weighted by Gasteiger charge is 2.23. The van der Waals surface area contributed by atoms with E-state index >= 15 is 0 Å².